The zero-order valence-corrected chi connectivity index (χ0v) is 14.9. The van der Waals surface area contributed by atoms with Gasteiger partial charge in [0.15, 0.2) is 0 Å². The first-order chi connectivity index (χ1) is 11.0. The summed E-state index contributed by atoms with van der Waals surface area (Å²) in [6.07, 6.45) is 0. The number of fused-ring (bicyclic) bond motifs is 1. The van der Waals surface area contributed by atoms with Crippen LogP contribution in [0, 0.1) is 0 Å². The Morgan fingerprint density at radius 2 is 1.62 bits per heavy atom. The van der Waals surface area contributed by atoms with Gasteiger partial charge in [0.1, 0.15) is 5.75 Å². The molecule has 1 amide bonds. The van der Waals surface area contributed by atoms with Crippen molar-refractivity contribution in [3.8, 4) is 5.75 Å². The van der Waals surface area contributed by atoms with E-state index in [0.717, 1.165) is 16.8 Å². The average molecular weight is 329 g/mol. The zero-order valence-electron chi connectivity index (χ0n) is 12.9. The standard InChI is InChI=1S/C18H13NO4.Na/c20-16-8-7-14(10-15(16)18(22)23)19-17(21)13-6-5-11-3-1-2-4-12(11)9-13;/h1-10,20H,(H,19,21)(H,22,23);/q;+1/p-1. The Hall–Kier alpha value is -2.34. The number of carbonyl (C=O) groups excluding carboxylic acids is 2. The third kappa shape index (κ3) is 3.76. The summed E-state index contributed by atoms with van der Waals surface area (Å²) in [6.45, 7) is 0. The maximum absolute atomic E-state index is 12.3. The molecule has 0 bridgehead atoms. The zero-order chi connectivity index (χ0) is 16.4. The monoisotopic (exact) mass is 329 g/mol. The van der Waals surface area contributed by atoms with Gasteiger partial charge in [0.05, 0.1) is 5.97 Å². The fourth-order valence-electron chi connectivity index (χ4n) is 2.31. The number of carbonyl (C=O) groups is 2. The van der Waals surface area contributed by atoms with E-state index in [4.69, 9.17) is 0 Å². The third-order valence-corrected chi connectivity index (χ3v) is 3.49. The number of nitrogens with one attached hydrogen (secondary N) is 1. The molecule has 24 heavy (non-hydrogen) atoms. The van der Waals surface area contributed by atoms with Crippen LogP contribution in [0.5, 0.6) is 5.75 Å². The van der Waals surface area contributed by atoms with E-state index in [2.05, 4.69) is 5.32 Å². The first-order valence-electron chi connectivity index (χ1n) is 6.89. The fraction of sp³-hybridized carbons (Fsp3) is 0. The number of aromatic hydroxyl groups is 1. The molecule has 0 unspecified atom stereocenters. The molecule has 5 nitrogen and oxygen atoms in total. The van der Waals surface area contributed by atoms with Crippen LogP contribution in [0.3, 0.4) is 0 Å². The smallest absolute Gasteiger partial charge is 0.545 e. The molecule has 0 radical (unpaired) electrons. The molecular weight excluding hydrogens is 317 g/mol. The van der Waals surface area contributed by atoms with E-state index >= 15 is 0 Å². The summed E-state index contributed by atoms with van der Waals surface area (Å²) in [4.78, 5) is 23.2. The molecule has 0 aromatic heterocycles. The van der Waals surface area contributed by atoms with E-state index in [0.29, 0.717) is 5.56 Å². The number of hydrogen-bond donors (Lipinski definition) is 2. The van der Waals surface area contributed by atoms with Gasteiger partial charge in [0.25, 0.3) is 5.91 Å². The second-order valence-corrected chi connectivity index (χ2v) is 5.04. The van der Waals surface area contributed by atoms with Crippen LogP contribution < -0.4 is 40.0 Å². The molecule has 114 valence electrons. The maximum atomic E-state index is 12.3. The maximum Gasteiger partial charge on any atom is 1.00 e. The van der Waals surface area contributed by atoms with Crippen LogP contribution in [-0.4, -0.2) is 17.0 Å². The van der Waals surface area contributed by atoms with Gasteiger partial charge in [-0.2, -0.15) is 0 Å². The molecule has 0 aliphatic rings. The largest absolute Gasteiger partial charge is 1.00 e. The molecule has 0 heterocycles. The molecule has 3 aromatic carbocycles. The summed E-state index contributed by atoms with van der Waals surface area (Å²) in [5.41, 5.74) is 0.341. The molecule has 0 fully saturated rings. The SMILES string of the molecule is O=C(Nc1ccc(O)c(C(=O)[O-])c1)c1ccc2ccccc2c1.[Na+]. The van der Waals surface area contributed by atoms with Crippen LogP contribution in [0.1, 0.15) is 20.7 Å². The van der Waals surface area contributed by atoms with E-state index in [1.807, 2.05) is 30.3 Å². The van der Waals surface area contributed by atoms with Gasteiger partial charge in [-0.05, 0) is 41.1 Å². The second-order valence-electron chi connectivity index (χ2n) is 5.04. The van der Waals surface area contributed by atoms with E-state index in [1.54, 1.807) is 12.1 Å². The van der Waals surface area contributed by atoms with Crippen LogP contribution in [0.2, 0.25) is 0 Å². The number of benzene rings is 3. The van der Waals surface area contributed by atoms with Crippen LogP contribution in [0.15, 0.2) is 60.7 Å². The Balaban J connectivity index is 0.00000208. The number of phenols is 1. The van der Waals surface area contributed by atoms with Gasteiger partial charge in [-0.25, -0.2) is 0 Å². The molecule has 0 atom stereocenters. The Bertz CT molecular complexity index is 924. The molecule has 3 rings (SSSR count). The van der Waals surface area contributed by atoms with Crippen molar-refractivity contribution < 1.29 is 49.4 Å². The van der Waals surface area contributed by atoms with Crippen molar-refractivity contribution in [3.63, 3.8) is 0 Å². The topological polar surface area (TPSA) is 89.5 Å². The van der Waals surface area contributed by atoms with Gasteiger partial charge in [0, 0.05) is 16.8 Å². The Kier molecular flexibility index (Phi) is 5.62. The van der Waals surface area contributed by atoms with Gasteiger partial charge in [0.2, 0.25) is 0 Å². The van der Waals surface area contributed by atoms with Crippen molar-refractivity contribution in [1.82, 2.24) is 0 Å². The molecule has 0 spiro atoms. The summed E-state index contributed by atoms with van der Waals surface area (Å²) >= 11 is 0. The summed E-state index contributed by atoms with van der Waals surface area (Å²) < 4.78 is 0. The number of rotatable bonds is 3. The normalized spacial score (nSPS) is 10.0. The number of anilines is 1. The molecule has 6 heteroatoms. The van der Waals surface area contributed by atoms with Gasteiger partial charge in [-0.3, -0.25) is 4.79 Å². The second kappa shape index (κ2) is 7.49. The van der Waals surface area contributed by atoms with Crippen molar-refractivity contribution in [1.29, 1.82) is 0 Å². The van der Waals surface area contributed by atoms with Gasteiger partial charge in [-0.1, -0.05) is 30.3 Å². The Morgan fingerprint density at radius 1 is 0.917 bits per heavy atom. The van der Waals surface area contributed by atoms with Crippen molar-refractivity contribution in [3.05, 3.63) is 71.8 Å². The Labute approximate surface area is 160 Å². The Morgan fingerprint density at radius 3 is 2.33 bits per heavy atom. The summed E-state index contributed by atoms with van der Waals surface area (Å²) in [7, 11) is 0. The van der Waals surface area contributed by atoms with Crippen LogP contribution >= 0.6 is 0 Å². The minimum absolute atomic E-state index is 0. The molecule has 3 aromatic rings. The number of hydrogen-bond acceptors (Lipinski definition) is 4. The van der Waals surface area contributed by atoms with E-state index in [1.165, 1.54) is 12.1 Å². The third-order valence-electron chi connectivity index (χ3n) is 3.49. The van der Waals surface area contributed by atoms with Crippen molar-refractivity contribution in [2.24, 2.45) is 0 Å². The minimum atomic E-state index is -1.51. The minimum Gasteiger partial charge on any atom is -0.545 e. The molecule has 2 N–H and O–H groups in total. The molecule has 0 saturated heterocycles. The van der Waals surface area contributed by atoms with Crippen LogP contribution in [0.4, 0.5) is 5.69 Å². The number of amides is 1. The fourth-order valence-corrected chi connectivity index (χ4v) is 2.31. The summed E-state index contributed by atoms with van der Waals surface area (Å²) in [6, 6.07) is 16.7. The van der Waals surface area contributed by atoms with Crippen molar-refractivity contribution >= 4 is 28.3 Å². The number of carboxylic acids is 1. The summed E-state index contributed by atoms with van der Waals surface area (Å²) in [5, 5.41) is 24.9. The van der Waals surface area contributed by atoms with E-state index < -0.39 is 11.7 Å². The van der Waals surface area contributed by atoms with Gasteiger partial charge in [-0.15, -0.1) is 0 Å². The molecule has 0 aliphatic carbocycles. The van der Waals surface area contributed by atoms with Crippen molar-refractivity contribution in [2.75, 3.05) is 5.32 Å². The van der Waals surface area contributed by atoms with Gasteiger partial charge >= 0.3 is 29.6 Å². The van der Waals surface area contributed by atoms with Crippen molar-refractivity contribution in [2.45, 2.75) is 0 Å². The first kappa shape index (κ1) is 18.0. The quantitative estimate of drug-likeness (QED) is 0.485. The molecular formula is C18H12NNaO4. The average Bonchev–Trinajstić information content (AvgIpc) is 2.55. The van der Waals surface area contributed by atoms with E-state index in [9.17, 15) is 19.8 Å². The summed E-state index contributed by atoms with van der Waals surface area (Å²) in [5.74, 6) is -2.29. The van der Waals surface area contributed by atoms with E-state index in [-0.39, 0.29) is 46.7 Å². The number of aromatic carboxylic acids is 1. The predicted molar refractivity (Wildman–Crippen MR) is 84.3 cm³/mol. The van der Waals surface area contributed by atoms with Crippen LogP contribution in [-0.2, 0) is 0 Å². The van der Waals surface area contributed by atoms with Gasteiger partial charge < -0.3 is 20.3 Å². The molecule has 0 aliphatic heterocycles. The molecule has 0 saturated carbocycles. The van der Waals surface area contributed by atoms with Crippen LogP contribution in [0.25, 0.3) is 10.8 Å². The predicted octanol–water partition coefficient (Wildman–Crippen LogP) is -0.835. The first-order valence-corrected chi connectivity index (χ1v) is 6.89. The number of carboxylic acid groups (broad SMARTS) is 1.